The Labute approximate surface area is 128 Å². The zero-order valence-electron chi connectivity index (χ0n) is 11.9. The molecule has 0 bridgehead atoms. The summed E-state index contributed by atoms with van der Waals surface area (Å²) in [5, 5.41) is 39.0. The Hall–Kier alpha value is -2.89. The van der Waals surface area contributed by atoms with Crippen LogP contribution in [0.15, 0.2) is 38.0 Å². The van der Waals surface area contributed by atoms with E-state index in [1.165, 1.54) is 0 Å². The first kappa shape index (κ1) is 27.5. The third kappa shape index (κ3) is 87.8. The minimum absolute atomic E-state index is 0.0764. The maximum absolute atomic E-state index is 9.25. The van der Waals surface area contributed by atoms with E-state index >= 15 is 0 Å². The van der Waals surface area contributed by atoms with Gasteiger partial charge in [0.2, 0.25) is 0 Å². The summed E-state index contributed by atoms with van der Waals surface area (Å²) >= 11 is 0. The minimum atomic E-state index is -0.981. The third-order valence-corrected chi connectivity index (χ3v) is 0.965. The highest BCUT2D eigenvalue weighted by Gasteiger charge is 1.74. The fourth-order valence-corrected chi connectivity index (χ4v) is 0.200. The Kier molecular flexibility index (Phi) is 33.2. The van der Waals surface area contributed by atoms with Crippen molar-refractivity contribution in [3.05, 3.63) is 38.0 Å². The zero-order chi connectivity index (χ0) is 18.4. The van der Waals surface area contributed by atoms with E-state index in [9.17, 15) is 14.4 Å². The third-order valence-electron chi connectivity index (χ3n) is 0.965. The van der Waals surface area contributed by atoms with E-state index in [1.54, 1.807) is 0 Å². The smallest absolute Gasteiger partial charge is 0.327 e. The molecule has 0 unspecified atom stereocenters. The molecule has 8 nitrogen and oxygen atoms in total. The fourth-order valence-electron chi connectivity index (χ4n) is 0.200. The molecular formula is C14H20O8. The van der Waals surface area contributed by atoms with Crippen LogP contribution in [0, 0.1) is 11.8 Å². The highest BCUT2D eigenvalue weighted by atomic mass is 16.4. The van der Waals surface area contributed by atoms with Gasteiger partial charge in [0.1, 0.15) is 6.61 Å². The van der Waals surface area contributed by atoms with E-state index in [1.807, 2.05) is 0 Å². The summed E-state index contributed by atoms with van der Waals surface area (Å²) in [5.41, 5.74) is 0. The lowest BCUT2D eigenvalue weighted by atomic mass is 10.4. The molecule has 0 aliphatic heterocycles. The van der Waals surface area contributed by atoms with Crippen LogP contribution in [0.2, 0.25) is 0 Å². The molecular weight excluding hydrogens is 296 g/mol. The molecule has 0 aromatic rings. The number of carboxylic acid groups (broad SMARTS) is 3. The molecule has 0 aliphatic rings. The van der Waals surface area contributed by atoms with E-state index in [0.717, 1.165) is 18.2 Å². The number of carbonyl (C=O) groups is 3. The second-order valence-electron chi connectivity index (χ2n) is 2.61. The van der Waals surface area contributed by atoms with E-state index < -0.39 is 17.9 Å². The van der Waals surface area contributed by atoms with Crippen LogP contribution < -0.4 is 0 Å². The summed E-state index contributed by atoms with van der Waals surface area (Å²) in [6.07, 6.45) is 2.96. The van der Waals surface area contributed by atoms with Crippen molar-refractivity contribution in [1.29, 1.82) is 0 Å². The second kappa shape index (κ2) is 26.6. The molecule has 0 heterocycles. The number of aliphatic carboxylic acids is 3. The summed E-state index contributed by atoms with van der Waals surface area (Å²) in [5.74, 6) is 1.99. The van der Waals surface area contributed by atoms with Crippen molar-refractivity contribution in [2.75, 3.05) is 13.2 Å². The topological polar surface area (TPSA) is 152 Å². The SMILES string of the molecule is C=CC(=O)O.C=CC(=O)O.C=CC(=O)O.OCC#CCCO. The number of rotatable bonds is 4. The van der Waals surface area contributed by atoms with Crippen LogP contribution >= 0.6 is 0 Å². The highest BCUT2D eigenvalue weighted by molar-refractivity contribution is 5.79. The Balaban J connectivity index is -0.0000000995. The molecule has 0 spiro atoms. The van der Waals surface area contributed by atoms with Crippen LogP contribution in [-0.2, 0) is 14.4 Å². The van der Waals surface area contributed by atoms with Crippen molar-refractivity contribution < 1.29 is 39.9 Å². The molecule has 0 saturated heterocycles. The molecule has 0 aromatic carbocycles. The Morgan fingerprint density at radius 1 is 0.773 bits per heavy atom. The fraction of sp³-hybridized carbons (Fsp3) is 0.214. The van der Waals surface area contributed by atoms with E-state index in [-0.39, 0.29) is 13.2 Å². The number of hydrogen-bond acceptors (Lipinski definition) is 5. The van der Waals surface area contributed by atoms with E-state index in [4.69, 9.17) is 25.5 Å². The van der Waals surface area contributed by atoms with Gasteiger partial charge >= 0.3 is 17.9 Å². The lowest BCUT2D eigenvalue weighted by Gasteiger charge is -1.74. The van der Waals surface area contributed by atoms with Crippen LogP contribution in [0.25, 0.3) is 0 Å². The molecule has 0 radical (unpaired) electrons. The molecule has 8 heteroatoms. The van der Waals surface area contributed by atoms with Crippen LogP contribution in [0.1, 0.15) is 6.42 Å². The molecule has 124 valence electrons. The number of aliphatic hydroxyl groups excluding tert-OH is 2. The van der Waals surface area contributed by atoms with Gasteiger partial charge in [-0.3, -0.25) is 0 Å². The number of aliphatic hydroxyl groups is 2. The van der Waals surface area contributed by atoms with Gasteiger partial charge in [-0.05, 0) is 0 Å². The predicted octanol–water partition coefficient (Wildman–Crippen LogP) is 0.136. The molecule has 5 N–H and O–H groups in total. The molecule has 0 amide bonds. The first-order chi connectivity index (χ1) is 10.2. The minimum Gasteiger partial charge on any atom is -0.478 e. The van der Waals surface area contributed by atoms with Crippen molar-refractivity contribution in [1.82, 2.24) is 0 Å². The lowest BCUT2D eigenvalue weighted by molar-refractivity contribution is -0.132. The lowest BCUT2D eigenvalue weighted by Crippen LogP contribution is -1.82. The maximum atomic E-state index is 9.25. The average Bonchev–Trinajstić information content (AvgIpc) is 2.49. The standard InChI is InChI=1S/C5H8O2.3C3H4O2/c6-4-2-1-3-5-7;3*1-2-3(4)5/h6-7H,2,4-5H2;3*2H,1H2,(H,4,5). The van der Waals surface area contributed by atoms with Gasteiger partial charge in [-0.25, -0.2) is 14.4 Å². The van der Waals surface area contributed by atoms with Crippen LogP contribution in [-0.4, -0.2) is 56.7 Å². The molecule has 22 heavy (non-hydrogen) atoms. The Bertz CT molecular complexity index is 358. The number of hydrogen-bond donors (Lipinski definition) is 5. The number of carboxylic acids is 3. The largest absolute Gasteiger partial charge is 0.478 e. The summed E-state index contributed by atoms with van der Waals surface area (Å²) in [6, 6.07) is 0. The normalized spacial score (nSPS) is 6.64. The van der Waals surface area contributed by atoms with Gasteiger partial charge in [0.25, 0.3) is 0 Å². The zero-order valence-corrected chi connectivity index (χ0v) is 11.9. The second-order valence-corrected chi connectivity index (χ2v) is 2.61. The van der Waals surface area contributed by atoms with Gasteiger partial charge in [0, 0.05) is 24.6 Å². The maximum Gasteiger partial charge on any atom is 0.327 e. The van der Waals surface area contributed by atoms with Gasteiger partial charge in [0.15, 0.2) is 0 Å². The van der Waals surface area contributed by atoms with Gasteiger partial charge in [0.05, 0.1) is 6.61 Å². The molecule has 0 saturated carbocycles. The van der Waals surface area contributed by atoms with Gasteiger partial charge in [-0.1, -0.05) is 31.6 Å². The van der Waals surface area contributed by atoms with Crippen molar-refractivity contribution in [3.63, 3.8) is 0 Å². The average molecular weight is 316 g/mol. The van der Waals surface area contributed by atoms with Gasteiger partial charge in [-0.2, -0.15) is 0 Å². The molecule has 0 atom stereocenters. The quantitative estimate of drug-likeness (QED) is 0.362. The summed E-state index contributed by atoms with van der Waals surface area (Å²) in [6.45, 7) is 8.85. The molecule has 0 aromatic heterocycles. The van der Waals surface area contributed by atoms with Crippen LogP contribution in [0.3, 0.4) is 0 Å². The predicted molar refractivity (Wildman–Crippen MR) is 80.1 cm³/mol. The molecule has 0 aliphatic carbocycles. The van der Waals surface area contributed by atoms with Gasteiger partial charge in [-0.15, -0.1) is 0 Å². The van der Waals surface area contributed by atoms with Crippen molar-refractivity contribution in [2.45, 2.75) is 6.42 Å². The summed E-state index contributed by atoms with van der Waals surface area (Å²) in [7, 11) is 0. The Morgan fingerprint density at radius 3 is 1.18 bits per heavy atom. The van der Waals surface area contributed by atoms with Gasteiger partial charge < -0.3 is 25.5 Å². The first-order valence-electron chi connectivity index (χ1n) is 5.46. The van der Waals surface area contributed by atoms with Crippen LogP contribution in [0.5, 0.6) is 0 Å². The molecule has 0 rings (SSSR count). The van der Waals surface area contributed by atoms with E-state index in [0.29, 0.717) is 6.42 Å². The van der Waals surface area contributed by atoms with Crippen molar-refractivity contribution in [3.8, 4) is 11.8 Å². The summed E-state index contributed by atoms with van der Waals surface area (Å²) < 4.78 is 0. The van der Waals surface area contributed by atoms with E-state index in [2.05, 4.69) is 31.6 Å². The Morgan fingerprint density at radius 2 is 1.05 bits per heavy atom. The first-order valence-corrected chi connectivity index (χ1v) is 5.46. The summed E-state index contributed by atoms with van der Waals surface area (Å²) in [4.78, 5) is 27.8. The van der Waals surface area contributed by atoms with Crippen molar-refractivity contribution in [2.24, 2.45) is 0 Å². The monoisotopic (exact) mass is 316 g/mol. The van der Waals surface area contributed by atoms with Crippen molar-refractivity contribution >= 4 is 17.9 Å². The van der Waals surface area contributed by atoms with Crippen LogP contribution in [0.4, 0.5) is 0 Å². The molecule has 0 fully saturated rings. The highest BCUT2D eigenvalue weighted by Crippen LogP contribution is 1.66.